The van der Waals surface area contributed by atoms with Gasteiger partial charge in [0.1, 0.15) is 0 Å². The number of hydrogen-bond acceptors (Lipinski definition) is 4. The smallest absolute Gasteiger partial charge is 0.191 e. The molecule has 1 saturated carbocycles. The third-order valence-corrected chi connectivity index (χ3v) is 7.73. The fraction of sp³-hybridized carbons (Fsp3) is 0.941. The van der Waals surface area contributed by atoms with E-state index in [0.29, 0.717) is 30.2 Å². The van der Waals surface area contributed by atoms with Crippen LogP contribution in [-0.2, 0) is 14.6 Å². The number of guanidine groups is 1. The van der Waals surface area contributed by atoms with E-state index >= 15 is 0 Å². The molecule has 3 unspecified atom stereocenters. The third-order valence-electron chi connectivity index (χ3n) is 5.89. The lowest BCUT2D eigenvalue weighted by Gasteiger charge is -2.55. The van der Waals surface area contributed by atoms with Gasteiger partial charge in [-0.05, 0) is 38.5 Å². The highest BCUT2D eigenvalue weighted by Gasteiger charge is 2.53. The molecular formula is C17H34IN3O3S. The van der Waals surface area contributed by atoms with Crippen molar-refractivity contribution in [2.24, 2.45) is 16.3 Å². The molecule has 2 fully saturated rings. The summed E-state index contributed by atoms with van der Waals surface area (Å²) in [6.07, 6.45) is 4.20. The van der Waals surface area contributed by atoms with Gasteiger partial charge in [0.25, 0.3) is 0 Å². The summed E-state index contributed by atoms with van der Waals surface area (Å²) in [5, 5.41) is 6.85. The number of nitrogens with zero attached hydrogens (tertiary/aromatic N) is 1. The first-order valence-electron chi connectivity index (χ1n) is 9.20. The zero-order chi connectivity index (χ0) is 17.8. The molecule has 2 N–H and O–H groups in total. The highest BCUT2D eigenvalue weighted by Crippen LogP contribution is 2.48. The van der Waals surface area contributed by atoms with Crippen LogP contribution in [0.25, 0.3) is 0 Å². The maximum absolute atomic E-state index is 11.6. The second kappa shape index (κ2) is 9.73. The molecule has 0 radical (unpaired) electrons. The van der Waals surface area contributed by atoms with Gasteiger partial charge >= 0.3 is 0 Å². The summed E-state index contributed by atoms with van der Waals surface area (Å²) >= 11 is 0. The Morgan fingerprint density at radius 1 is 1.28 bits per heavy atom. The van der Waals surface area contributed by atoms with Crippen LogP contribution >= 0.6 is 24.0 Å². The zero-order valence-electron chi connectivity index (χ0n) is 15.9. The van der Waals surface area contributed by atoms with Crippen LogP contribution in [0.5, 0.6) is 0 Å². The average Bonchev–Trinajstić information content (AvgIpc) is 2.90. The Morgan fingerprint density at radius 2 is 1.96 bits per heavy atom. The predicted octanol–water partition coefficient (Wildman–Crippen LogP) is 2.19. The van der Waals surface area contributed by atoms with Gasteiger partial charge in [-0.15, -0.1) is 24.0 Å². The minimum Gasteiger partial charge on any atom is -0.378 e. The fourth-order valence-corrected chi connectivity index (χ4v) is 6.08. The van der Waals surface area contributed by atoms with Crippen molar-refractivity contribution in [1.82, 2.24) is 10.6 Å². The van der Waals surface area contributed by atoms with Gasteiger partial charge in [0.2, 0.25) is 0 Å². The van der Waals surface area contributed by atoms with Crippen LogP contribution in [0.1, 0.15) is 46.5 Å². The lowest BCUT2D eigenvalue weighted by atomic mass is 9.58. The molecule has 8 heteroatoms. The Morgan fingerprint density at radius 3 is 2.44 bits per heavy atom. The van der Waals surface area contributed by atoms with Gasteiger partial charge in [-0.1, -0.05) is 13.8 Å². The van der Waals surface area contributed by atoms with Crippen LogP contribution in [0.3, 0.4) is 0 Å². The summed E-state index contributed by atoms with van der Waals surface area (Å²) in [5.74, 6) is 1.57. The molecular weight excluding hydrogens is 453 g/mol. The van der Waals surface area contributed by atoms with Crippen LogP contribution in [0.15, 0.2) is 4.99 Å². The van der Waals surface area contributed by atoms with E-state index < -0.39 is 9.84 Å². The molecule has 1 aliphatic heterocycles. The second-order valence-corrected chi connectivity index (χ2v) is 9.27. The summed E-state index contributed by atoms with van der Waals surface area (Å²) in [5.41, 5.74) is 0.157. The van der Waals surface area contributed by atoms with Crippen molar-refractivity contribution in [3.8, 4) is 0 Å². The molecule has 0 amide bonds. The third kappa shape index (κ3) is 5.22. The van der Waals surface area contributed by atoms with E-state index in [9.17, 15) is 8.42 Å². The Bertz CT molecular complexity index is 549. The minimum atomic E-state index is -2.82. The van der Waals surface area contributed by atoms with Crippen molar-refractivity contribution in [3.05, 3.63) is 0 Å². The number of nitrogens with one attached hydrogen (secondary N) is 2. The minimum absolute atomic E-state index is 0. The van der Waals surface area contributed by atoms with Gasteiger partial charge < -0.3 is 15.4 Å². The largest absolute Gasteiger partial charge is 0.378 e. The highest BCUT2D eigenvalue weighted by molar-refractivity contribution is 14.0. The first-order valence-corrected chi connectivity index (χ1v) is 11.0. The van der Waals surface area contributed by atoms with E-state index in [1.165, 1.54) is 0 Å². The first kappa shape index (κ1) is 23.0. The second-order valence-electron chi connectivity index (χ2n) is 7.04. The van der Waals surface area contributed by atoms with Crippen molar-refractivity contribution in [2.45, 2.75) is 58.6 Å². The zero-order valence-corrected chi connectivity index (χ0v) is 19.0. The number of aliphatic imine (C=N–C) groups is 1. The number of ether oxygens (including phenoxy) is 1. The lowest BCUT2D eigenvalue weighted by molar-refractivity contribution is -0.133. The van der Waals surface area contributed by atoms with Crippen molar-refractivity contribution < 1.29 is 13.2 Å². The molecule has 1 saturated heterocycles. The van der Waals surface area contributed by atoms with Gasteiger partial charge in [-0.2, -0.15) is 0 Å². The molecule has 148 valence electrons. The van der Waals surface area contributed by atoms with Gasteiger partial charge in [0, 0.05) is 31.7 Å². The molecule has 0 aromatic heterocycles. The quantitative estimate of drug-likeness (QED) is 0.327. The maximum atomic E-state index is 11.6. The van der Waals surface area contributed by atoms with Gasteiger partial charge in [-0.25, -0.2) is 8.42 Å². The van der Waals surface area contributed by atoms with E-state index in [1.54, 1.807) is 7.05 Å². The monoisotopic (exact) mass is 487 g/mol. The SMILES string of the molecule is CCOC1CC(NC(=NC)NCC2CCS(=O)(=O)C2)C1(CC)CC.I. The molecule has 1 aliphatic carbocycles. The Balaban J connectivity index is 0.00000312. The summed E-state index contributed by atoms with van der Waals surface area (Å²) in [6.45, 7) is 7.91. The standard InChI is InChI=1S/C17H33N3O3S.HI/c1-5-17(6-2)14(10-15(17)23-7-3)20-16(18-4)19-11-13-8-9-24(21,22)12-13;/h13-15H,5-12H2,1-4H3,(H2,18,19,20);1H. The van der Waals surface area contributed by atoms with Crippen LogP contribution in [0.2, 0.25) is 0 Å². The van der Waals surface area contributed by atoms with Crippen molar-refractivity contribution in [2.75, 3.05) is 31.7 Å². The normalized spacial score (nSPS) is 30.2. The van der Waals surface area contributed by atoms with Crippen LogP contribution in [0, 0.1) is 11.3 Å². The summed E-state index contributed by atoms with van der Waals surface area (Å²) in [4.78, 5) is 4.32. The lowest BCUT2D eigenvalue weighted by Crippen LogP contribution is -2.65. The Hall–Kier alpha value is -0.0900. The summed E-state index contributed by atoms with van der Waals surface area (Å²) in [6, 6.07) is 0.350. The topological polar surface area (TPSA) is 79.8 Å². The van der Waals surface area contributed by atoms with Crippen LogP contribution < -0.4 is 10.6 Å². The van der Waals surface area contributed by atoms with E-state index in [4.69, 9.17) is 4.74 Å². The highest BCUT2D eigenvalue weighted by atomic mass is 127. The van der Waals surface area contributed by atoms with Gasteiger partial charge in [0.15, 0.2) is 15.8 Å². The summed E-state index contributed by atoms with van der Waals surface area (Å²) in [7, 11) is -1.06. The van der Waals surface area contributed by atoms with Gasteiger partial charge in [-0.3, -0.25) is 4.99 Å². The molecule has 1 heterocycles. The molecule has 2 aliphatic rings. The number of sulfone groups is 1. The van der Waals surface area contributed by atoms with E-state index in [-0.39, 0.29) is 35.3 Å². The Kier molecular flexibility index (Phi) is 8.93. The Labute approximate surface area is 169 Å². The molecule has 25 heavy (non-hydrogen) atoms. The predicted molar refractivity (Wildman–Crippen MR) is 114 cm³/mol. The number of hydrogen-bond donors (Lipinski definition) is 2. The first-order chi connectivity index (χ1) is 11.4. The molecule has 3 atom stereocenters. The molecule has 6 nitrogen and oxygen atoms in total. The molecule has 0 aromatic carbocycles. The van der Waals surface area contributed by atoms with E-state index in [1.807, 2.05) is 6.92 Å². The van der Waals surface area contributed by atoms with Crippen molar-refractivity contribution >= 4 is 39.8 Å². The maximum Gasteiger partial charge on any atom is 0.191 e. The fourth-order valence-electron chi connectivity index (χ4n) is 4.22. The average molecular weight is 487 g/mol. The van der Waals surface area contributed by atoms with E-state index in [0.717, 1.165) is 38.2 Å². The molecule has 0 bridgehead atoms. The number of halogens is 1. The molecule has 0 spiro atoms. The van der Waals surface area contributed by atoms with Gasteiger partial charge in [0.05, 0.1) is 17.6 Å². The van der Waals surface area contributed by atoms with E-state index in [2.05, 4.69) is 29.5 Å². The van der Waals surface area contributed by atoms with Crippen LogP contribution in [0.4, 0.5) is 0 Å². The molecule has 2 rings (SSSR count). The van der Waals surface area contributed by atoms with Crippen molar-refractivity contribution in [3.63, 3.8) is 0 Å². The summed E-state index contributed by atoms with van der Waals surface area (Å²) < 4.78 is 29.0. The van der Waals surface area contributed by atoms with Crippen molar-refractivity contribution in [1.29, 1.82) is 0 Å². The molecule has 0 aromatic rings. The van der Waals surface area contributed by atoms with Crippen LogP contribution in [-0.4, -0.2) is 58.2 Å². The number of rotatable bonds is 7.